The molecule has 2 aromatic rings. The van der Waals surface area contributed by atoms with E-state index >= 15 is 0 Å². The van der Waals surface area contributed by atoms with Gasteiger partial charge in [-0.15, -0.1) is 0 Å². The van der Waals surface area contributed by atoms with Crippen molar-refractivity contribution < 1.29 is 4.79 Å². The fourth-order valence-corrected chi connectivity index (χ4v) is 3.21. The number of carbonyl (C=O) groups is 1. The largest absolute Gasteiger partial charge is 0.371 e. The minimum atomic E-state index is -0.258. The number of benzene rings is 1. The number of anilines is 3. The van der Waals surface area contributed by atoms with Gasteiger partial charge in [-0.25, -0.2) is 9.78 Å². The molecule has 1 aromatic heterocycles. The van der Waals surface area contributed by atoms with Crippen LogP contribution in [0.3, 0.4) is 0 Å². The van der Waals surface area contributed by atoms with Gasteiger partial charge in [0.2, 0.25) is 0 Å². The molecule has 3 N–H and O–H groups in total. The molecule has 0 aliphatic carbocycles. The van der Waals surface area contributed by atoms with Gasteiger partial charge in [0.15, 0.2) is 0 Å². The third-order valence-electron chi connectivity index (χ3n) is 4.53. The van der Waals surface area contributed by atoms with E-state index in [9.17, 15) is 4.79 Å². The average molecular weight is 364 g/mol. The highest BCUT2D eigenvalue weighted by molar-refractivity contribution is 5.89. The number of nitrogens with one attached hydrogen (secondary N) is 3. The smallest absolute Gasteiger partial charge is 0.319 e. The van der Waals surface area contributed by atoms with Crippen LogP contribution in [0.25, 0.3) is 0 Å². The summed E-state index contributed by atoms with van der Waals surface area (Å²) in [5, 5.41) is 17.7. The van der Waals surface area contributed by atoms with Gasteiger partial charge >= 0.3 is 6.03 Å². The maximum absolute atomic E-state index is 12.1. The van der Waals surface area contributed by atoms with E-state index in [1.165, 1.54) is 18.5 Å². The third kappa shape index (κ3) is 4.88. The number of pyridine rings is 1. The van der Waals surface area contributed by atoms with Gasteiger partial charge in [0.05, 0.1) is 5.56 Å². The quantitative estimate of drug-likeness (QED) is 0.685. The highest BCUT2D eigenvalue weighted by atomic mass is 16.2. The summed E-state index contributed by atoms with van der Waals surface area (Å²) in [5.74, 6) is 0.523. The van der Waals surface area contributed by atoms with E-state index in [0.717, 1.165) is 24.3 Å². The molecule has 2 amide bonds. The first-order valence-electron chi connectivity index (χ1n) is 9.17. The molecule has 7 nitrogen and oxygen atoms in total. The van der Waals surface area contributed by atoms with Crippen molar-refractivity contribution in [2.24, 2.45) is 0 Å². The molecule has 1 aliphatic heterocycles. The number of nitriles is 1. The molecule has 140 valence electrons. The first-order chi connectivity index (χ1) is 13.2. The van der Waals surface area contributed by atoms with Crippen LogP contribution < -0.4 is 20.9 Å². The number of amides is 2. The summed E-state index contributed by atoms with van der Waals surface area (Å²) in [6.45, 7) is 5.17. The normalized spacial score (nSPS) is 13.1. The first-order valence-corrected chi connectivity index (χ1v) is 9.17. The van der Waals surface area contributed by atoms with Gasteiger partial charge in [-0.3, -0.25) is 0 Å². The fourth-order valence-electron chi connectivity index (χ4n) is 3.21. The predicted molar refractivity (Wildman–Crippen MR) is 107 cm³/mol. The van der Waals surface area contributed by atoms with Crippen LogP contribution >= 0.6 is 0 Å². The zero-order chi connectivity index (χ0) is 19.1. The maximum atomic E-state index is 12.1. The molecule has 0 saturated carbocycles. The van der Waals surface area contributed by atoms with Gasteiger partial charge in [-0.05, 0) is 55.7 Å². The first kappa shape index (κ1) is 18.5. The van der Waals surface area contributed by atoms with Gasteiger partial charge < -0.3 is 20.9 Å². The van der Waals surface area contributed by atoms with Crippen molar-refractivity contribution >= 4 is 23.2 Å². The summed E-state index contributed by atoms with van der Waals surface area (Å²) in [4.78, 5) is 18.6. The summed E-state index contributed by atoms with van der Waals surface area (Å²) in [6, 6.07) is 11.2. The lowest BCUT2D eigenvalue weighted by Gasteiger charge is -2.20. The van der Waals surface area contributed by atoms with Crippen LogP contribution in [0.4, 0.5) is 22.0 Å². The van der Waals surface area contributed by atoms with Crippen LogP contribution in [0.2, 0.25) is 0 Å². The van der Waals surface area contributed by atoms with Crippen LogP contribution in [-0.4, -0.2) is 37.2 Å². The Morgan fingerprint density at radius 3 is 2.81 bits per heavy atom. The molecule has 0 bridgehead atoms. The van der Waals surface area contributed by atoms with Gasteiger partial charge in [0.25, 0.3) is 0 Å². The van der Waals surface area contributed by atoms with E-state index in [1.807, 2.05) is 12.1 Å². The van der Waals surface area contributed by atoms with E-state index in [1.54, 1.807) is 18.3 Å². The minimum absolute atomic E-state index is 0.258. The summed E-state index contributed by atoms with van der Waals surface area (Å²) in [7, 11) is 0. The van der Waals surface area contributed by atoms with Crippen molar-refractivity contribution in [3.63, 3.8) is 0 Å². The zero-order valence-corrected chi connectivity index (χ0v) is 15.5. The molecule has 1 saturated heterocycles. The van der Waals surface area contributed by atoms with Crippen molar-refractivity contribution in [3.8, 4) is 6.07 Å². The van der Waals surface area contributed by atoms with E-state index in [4.69, 9.17) is 5.26 Å². The number of hydrogen-bond acceptors (Lipinski definition) is 5. The molecule has 1 aromatic carbocycles. The second-order valence-corrected chi connectivity index (χ2v) is 6.51. The van der Waals surface area contributed by atoms with E-state index in [2.05, 4.69) is 44.9 Å². The Bertz CT molecular complexity index is 839. The average Bonchev–Trinajstić information content (AvgIpc) is 3.20. The van der Waals surface area contributed by atoms with Gasteiger partial charge in [0, 0.05) is 43.8 Å². The Hall–Kier alpha value is -3.27. The molecule has 0 unspecified atom stereocenters. The number of aromatic nitrogens is 1. The Kier molecular flexibility index (Phi) is 6.10. The molecule has 27 heavy (non-hydrogen) atoms. The number of nitrogens with zero attached hydrogens (tertiary/aromatic N) is 3. The summed E-state index contributed by atoms with van der Waals surface area (Å²) < 4.78 is 0. The summed E-state index contributed by atoms with van der Waals surface area (Å²) >= 11 is 0. The van der Waals surface area contributed by atoms with Crippen LogP contribution in [0, 0.1) is 18.3 Å². The van der Waals surface area contributed by atoms with Crippen LogP contribution in [0.1, 0.15) is 24.0 Å². The van der Waals surface area contributed by atoms with E-state index in [0.29, 0.717) is 24.5 Å². The van der Waals surface area contributed by atoms with Crippen LogP contribution in [-0.2, 0) is 0 Å². The van der Waals surface area contributed by atoms with Crippen molar-refractivity contribution in [1.82, 2.24) is 10.3 Å². The molecule has 2 heterocycles. The number of aryl methyl sites for hydroxylation is 1. The number of hydrogen-bond donors (Lipinski definition) is 3. The van der Waals surface area contributed by atoms with Crippen molar-refractivity contribution in [2.45, 2.75) is 19.8 Å². The zero-order valence-electron chi connectivity index (χ0n) is 15.5. The molecule has 0 spiro atoms. The Labute approximate surface area is 159 Å². The molecular weight excluding hydrogens is 340 g/mol. The van der Waals surface area contributed by atoms with Crippen molar-refractivity contribution in [1.29, 1.82) is 5.26 Å². The summed E-state index contributed by atoms with van der Waals surface area (Å²) in [6.07, 6.45) is 4.10. The lowest BCUT2D eigenvalue weighted by molar-refractivity contribution is 0.252. The second-order valence-electron chi connectivity index (χ2n) is 6.51. The highest BCUT2D eigenvalue weighted by Crippen LogP contribution is 2.26. The van der Waals surface area contributed by atoms with Crippen LogP contribution in [0.5, 0.6) is 0 Å². The third-order valence-corrected chi connectivity index (χ3v) is 4.53. The van der Waals surface area contributed by atoms with Gasteiger partial charge in [-0.2, -0.15) is 5.26 Å². The fraction of sp³-hybridized carbons (Fsp3) is 0.350. The second kappa shape index (κ2) is 8.90. The molecule has 7 heteroatoms. The Morgan fingerprint density at radius 1 is 1.26 bits per heavy atom. The SMILES string of the molecule is Cc1cc(NC(=O)NCCNc2ncccc2C#N)ccc1N1CCCC1. The molecule has 3 rings (SSSR count). The maximum Gasteiger partial charge on any atom is 0.319 e. The minimum Gasteiger partial charge on any atom is -0.371 e. The number of rotatable bonds is 6. The lowest BCUT2D eigenvalue weighted by atomic mass is 10.1. The van der Waals surface area contributed by atoms with Gasteiger partial charge in [0.1, 0.15) is 11.9 Å². The van der Waals surface area contributed by atoms with Crippen molar-refractivity contribution in [2.75, 3.05) is 41.7 Å². The van der Waals surface area contributed by atoms with E-state index in [-0.39, 0.29) is 6.03 Å². The lowest BCUT2D eigenvalue weighted by Crippen LogP contribution is -2.32. The number of carbonyl (C=O) groups excluding carboxylic acids is 1. The van der Waals surface area contributed by atoms with Crippen molar-refractivity contribution in [3.05, 3.63) is 47.7 Å². The topological polar surface area (TPSA) is 93.1 Å². The molecule has 1 aliphatic rings. The molecule has 1 fully saturated rings. The van der Waals surface area contributed by atoms with Gasteiger partial charge in [-0.1, -0.05) is 0 Å². The molecule has 0 radical (unpaired) electrons. The monoisotopic (exact) mass is 364 g/mol. The summed E-state index contributed by atoms with van der Waals surface area (Å²) in [5.41, 5.74) is 3.66. The Morgan fingerprint density at radius 2 is 2.07 bits per heavy atom. The molecular formula is C20H24N6O. The molecule has 0 atom stereocenters. The van der Waals surface area contributed by atoms with Crippen LogP contribution in [0.15, 0.2) is 36.5 Å². The number of urea groups is 1. The Balaban J connectivity index is 1.45. The highest BCUT2D eigenvalue weighted by Gasteiger charge is 2.14. The standard InChI is InChI=1S/C20H24N6O/c1-15-13-17(6-7-18(15)26-11-2-3-12-26)25-20(27)24-10-9-23-19-16(14-21)5-4-8-22-19/h4-8,13H,2-3,9-12H2,1H3,(H,22,23)(H2,24,25,27). The van der Waals surface area contributed by atoms with E-state index < -0.39 is 0 Å². The predicted octanol–water partition coefficient (Wildman–Crippen LogP) is 3.10.